The third-order valence-electron chi connectivity index (χ3n) is 3.38. The fraction of sp³-hybridized carbons (Fsp3) is 1.00. The molecule has 1 heterocycles. The van der Waals surface area contributed by atoms with E-state index in [9.17, 15) is 9.32 Å². The second kappa shape index (κ2) is 4.29. The van der Waals surface area contributed by atoms with Crippen molar-refractivity contribution in [3.8, 4) is 0 Å². The molecule has 2 aliphatic rings. The van der Waals surface area contributed by atoms with Gasteiger partial charge in [0, 0.05) is 18.3 Å². The Morgan fingerprint density at radius 2 is 1.93 bits per heavy atom. The Balaban J connectivity index is 1.92. The molecule has 0 amide bonds. The third kappa shape index (κ3) is 2.02. The molecule has 3 nitrogen and oxygen atoms in total. The van der Waals surface area contributed by atoms with Gasteiger partial charge in [0.15, 0.2) is 0 Å². The van der Waals surface area contributed by atoms with Crippen molar-refractivity contribution in [2.24, 2.45) is 5.92 Å². The van der Waals surface area contributed by atoms with Crippen LogP contribution in [0.3, 0.4) is 0 Å². The number of aliphatic hydroxyl groups excluding tert-OH is 1. The summed E-state index contributed by atoms with van der Waals surface area (Å²) in [6, 6.07) is 0. The highest BCUT2D eigenvalue weighted by Gasteiger charge is 2.34. The molecule has 1 aliphatic heterocycles. The van der Waals surface area contributed by atoms with Crippen LogP contribution < -0.4 is 0 Å². The molecule has 82 valence electrons. The zero-order valence-corrected chi connectivity index (χ0v) is 9.50. The van der Waals surface area contributed by atoms with E-state index in [4.69, 9.17) is 0 Å². The minimum Gasteiger partial charge on any atom is -0.391 e. The predicted octanol–water partition coefficient (Wildman–Crippen LogP) is 0.905. The van der Waals surface area contributed by atoms with Crippen LogP contribution in [0.5, 0.6) is 0 Å². The van der Waals surface area contributed by atoms with Crippen LogP contribution in [-0.4, -0.2) is 38.1 Å². The topological polar surface area (TPSA) is 40.5 Å². The van der Waals surface area contributed by atoms with Crippen molar-refractivity contribution in [2.75, 3.05) is 13.1 Å². The summed E-state index contributed by atoms with van der Waals surface area (Å²) < 4.78 is 14.0. The van der Waals surface area contributed by atoms with Crippen LogP contribution in [0, 0.1) is 5.92 Å². The van der Waals surface area contributed by atoms with Crippen LogP contribution in [-0.2, 0) is 11.0 Å². The Hall–Kier alpha value is 0.0700. The maximum absolute atomic E-state index is 12.1. The number of nitrogens with zero attached hydrogens (tertiary/aromatic N) is 1. The van der Waals surface area contributed by atoms with Crippen LogP contribution in [0.4, 0.5) is 0 Å². The molecule has 1 aliphatic carbocycles. The molecule has 0 radical (unpaired) electrons. The first-order valence-electron chi connectivity index (χ1n) is 5.52. The van der Waals surface area contributed by atoms with E-state index in [1.54, 1.807) is 0 Å². The van der Waals surface area contributed by atoms with Gasteiger partial charge in [-0.2, -0.15) is 0 Å². The lowest BCUT2D eigenvalue weighted by Crippen LogP contribution is -2.31. The maximum atomic E-state index is 12.1. The van der Waals surface area contributed by atoms with Crippen LogP contribution in [0.2, 0.25) is 0 Å². The van der Waals surface area contributed by atoms with Gasteiger partial charge in [-0.05, 0) is 18.8 Å². The second-order valence-corrected chi connectivity index (χ2v) is 6.31. The van der Waals surface area contributed by atoms with Crippen molar-refractivity contribution < 1.29 is 9.32 Å². The first-order chi connectivity index (χ1) is 6.68. The lowest BCUT2D eigenvalue weighted by Gasteiger charge is -2.18. The Labute approximate surface area is 88.1 Å². The van der Waals surface area contributed by atoms with E-state index in [0.717, 1.165) is 19.4 Å². The quantitative estimate of drug-likeness (QED) is 0.747. The van der Waals surface area contributed by atoms with E-state index < -0.39 is 11.0 Å². The maximum Gasteiger partial charge on any atom is 0.0975 e. The summed E-state index contributed by atoms with van der Waals surface area (Å²) in [5.74, 6) is 0.278. The lowest BCUT2D eigenvalue weighted by atomic mass is 10.1. The normalized spacial score (nSPS) is 37.9. The first kappa shape index (κ1) is 10.6. The van der Waals surface area contributed by atoms with Gasteiger partial charge in [0.05, 0.1) is 17.1 Å². The Morgan fingerprint density at radius 1 is 1.29 bits per heavy atom. The summed E-state index contributed by atoms with van der Waals surface area (Å²) in [5.41, 5.74) is 0. The van der Waals surface area contributed by atoms with Gasteiger partial charge in [-0.15, -0.1) is 0 Å². The van der Waals surface area contributed by atoms with Gasteiger partial charge in [-0.25, -0.2) is 8.51 Å². The highest BCUT2D eigenvalue weighted by atomic mass is 32.2. The molecule has 4 heteroatoms. The van der Waals surface area contributed by atoms with Gasteiger partial charge in [-0.3, -0.25) is 0 Å². The molecule has 2 fully saturated rings. The van der Waals surface area contributed by atoms with E-state index in [2.05, 4.69) is 0 Å². The van der Waals surface area contributed by atoms with Crippen LogP contribution in [0.25, 0.3) is 0 Å². The molecule has 1 N–H and O–H groups in total. The molecule has 0 aromatic rings. The summed E-state index contributed by atoms with van der Waals surface area (Å²) in [4.78, 5) is 0. The largest absolute Gasteiger partial charge is 0.391 e. The van der Waals surface area contributed by atoms with Crippen molar-refractivity contribution in [3.05, 3.63) is 0 Å². The molecule has 14 heavy (non-hydrogen) atoms. The highest BCUT2D eigenvalue weighted by molar-refractivity contribution is 7.83. The average Bonchev–Trinajstić information content (AvgIpc) is 2.76. The van der Waals surface area contributed by atoms with Gasteiger partial charge in [0.25, 0.3) is 0 Å². The Bertz CT molecular complexity index is 218. The Kier molecular flexibility index (Phi) is 3.24. The smallest absolute Gasteiger partial charge is 0.0975 e. The number of hydrogen-bond acceptors (Lipinski definition) is 2. The monoisotopic (exact) mass is 217 g/mol. The van der Waals surface area contributed by atoms with E-state index >= 15 is 0 Å². The summed E-state index contributed by atoms with van der Waals surface area (Å²) in [5, 5.41) is 9.95. The van der Waals surface area contributed by atoms with E-state index in [0.29, 0.717) is 11.8 Å². The van der Waals surface area contributed by atoms with E-state index in [-0.39, 0.29) is 12.0 Å². The van der Waals surface area contributed by atoms with Crippen molar-refractivity contribution in [1.82, 2.24) is 4.31 Å². The van der Waals surface area contributed by atoms with Crippen LogP contribution in [0.15, 0.2) is 0 Å². The van der Waals surface area contributed by atoms with E-state index in [1.807, 2.05) is 11.2 Å². The summed E-state index contributed by atoms with van der Waals surface area (Å²) in [6.45, 7) is 3.42. The molecule has 3 unspecified atom stereocenters. The zero-order chi connectivity index (χ0) is 10.1. The fourth-order valence-corrected chi connectivity index (χ4v) is 4.19. The standard InChI is InChI=1S/C10H19NO2S/c1-8-6-11(7-10(8)12)14(13)9-4-2-3-5-9/h8-10,12H,2-7H2,1H3. The predicted molar refractivity (Wildman–Crippen MR) is 57.1 cm³/mol. The number of hydrogen-bond donors (Lipinski definition) is 1. The van der Waals surface area contributed by atoms with Gasteiger partial charge < -0.3 is 5.11 Å². The van der Waals surface area contributed by atoms with Crippen molar-refractivity contribution in [3.63, 3.8) is 0 Å². The molecule has 0 bridgehead atoms. The van der Waals surface area contributed by atoms with Gasteiger partial charge >= 0.3 is 0 Å². The molecule has 0 aromatic heterocycles. The molecular weight excluding hydrogens is 198 g/mol. The van der Waals surface area contributed by atoms with Crippen LogP contribution >= 0.6 is 0 Å². The summed E-state index contributed by atoms with van der Waals surface area (Å²) >= 11 is 0. The van der Waals surface area contributed by atoms with Gasteiger partial charge in [0.1, 0.15) is 0 Å². The van der Waals surface area contributed by atoms with Gasteiger partial charge in [-0.1, -0.05) is 19.8 Å². The number of β-amino-alcohol motifs (C(OH)–C–C–N with tert-alkyl or cyclic N) is 1. The molecule has 3 atom stereocenters. The molecule has 0 aromatic carbocycles. The average molecular weight is 217 g/mol. The SMILES string of the molecule is CC1CN(S(=O)C2CCCC2)CC1O. The molecular formula is C10H19NO2S. The summed E-state index contributed by atoms with van der Waals surface area (Å²) in [6.07, 6.45) is 4.38. The second-order valence-electron chi connectivity index (χ2n) is 4.57. The van der Waals surface area contributed by atoms with Gasteiger partial charge in [0.2, 0.25) is 0 Å². The molecule has 1 saturated heterocycles. The number of aliphatic hydroxyl groups is 1. The molecule has 1 saturated carbocycles. The minimum absolute atomic E-state index is 0.277. The highest BCUT2D eigenvalue weighted by Crippen LogP contribution is 2.27. The fourth-order valence-electron chi connectivity index (χ4n) is 2.35. The lowest BCUT2D eigenvalue weighted by molar-refractivity contribution is 0.153. The third-order valence-corrected chi connectivity index (χ3v) is 5.23. The molecule has 0 spiro atoms. The Morgan fingerprint density at radius 3 is 2.43 bits per heavy atom. The van der Waals surface area contributed by atoms with Crippen LogP contribution in [0.1, 0.15) is 32.6 Å². The molecule has 2 rings (SSSR count). The zero-order valence-electron chi connectivity index (χ0n) is 8.69. The first-order valence-corrected chi connectivity index (χ1v) is 6.69. The van der Waals surface area contributed by atoms with Crippen molar-refractivity contribution >= 4 is 11.0 Å². The van der Waals surface area contributed by atoms with Crippen molar-refractivity contribution in [1.29, 1.82) is 0 Å². The van der Waals surface area contributed by atoms with Crippen molar-refractivity contribution in [2.45, 2.75) is 44.0 Å². The minimum atomic E-state index is -0.839. The number of rotatable bonds is 2. The summed E-state index contributed by atoms with van der Waals surface area (Å²) in [7, 11) is -0.839. The van der Waals surface area contributed by atoms with E-state index in [1.165, 1.54) is 12.8 Å².